The van der Waals surface area contributed by atoms with Gasteiger partial charge in [-0.05, 0) is 48.6 Å². The van der Waals surface area contributed by atoms with Gasteiger partial charge in [0.15, 0.2) is 0 Å². The summed E-state index contributed by atoms with van der Waals surface area (Å²) < 4.78 is 3.59. The Morgan fingerprint density at radius 1 is 1.10 bits per heavy atom. The van der Waals surface area contributed by atoms with E-state index in [2.05, 4.69) is 19.9 Å². The molecule has 0 aliphatic heterocycles. The molecule has 0 amide bonds. The molecule has 5 nitrogen and oxygen atoms in total. The molecule has 1 aromatic heterocycles. The number of hydrogen-bond acceptors (Lipinski definition) is 2. The fourth-order valence-corrected chi connectivity index (χ4v) is 3.45. The number of nitrogens with zero attached hydrogens (tertiary/aromatic N) is 2. The normalized spacial score (nSPS) is 12.4. The van der Waals surface area contributed by atoms with E-state index in [1.807, 2.05) is 55.6 Å². The zero-order chi connectivity index (χ0) is 21.7. The third-order valence-corrected chi connectivity index (χ3v) is 5.39. The quantitative estimate of drug-likeness (QED) is 0.542. The summed E-state index contributed by atoms with van der Waals surface area (Å²) in [6.07, 6.45) is 7.77. The molecule has 1 atom stereocenters. The number of aromatic nitrogens is 2. The van der Waals surface area contributed by atoms with Gasteiger partial charge in [-0.2, -0.15) is 0 Å². The minimum Gasteiger partial charge on any atom is -0.478 e. The van der Waals surface area contributed by atoms with Gasteiger partial charge in [-0.15, -0.1) is 0 Å². The number of carboxylic acid groups (broad SMARTS) is 1. The van der Waals surface area contributed by atoms with Crippen LogP contribution in [0.4, 0.5) is 0 Å². The fraction of sp³-hybridized carbons (Fsp3) is 0.280. The molecule has 0 spiro atoms. The molecule has 0 fully saturated rings. The molecule has 5 heteroatoms. The third kappa shape index (κ3) is 4.46. The minimum atomic E-state index is -0.944. The van der Waals surface area contributed by atoms with Crippen LogP contribution in [0.25, 0.3) is 17.2 Å². The van der Waals surface area contributed by atoms with Crippen molar-refractivity contribution in [3.8, 4) is 11.1 Å². The van der Waals surface area contributed by atoms with E-state index in [0.717, 1.165) is 29.7 Å². The highest BCUT2D eigenvalue weighted by Gasteiger charge is 2.14. The lowest BCUT2D eigenvalue weighted by Crippen LogP contribution is -2.26. The van der Waals surface area contributed by atoms with Gasteiger partial charge >= 0.3 is 11.7 Å². The Labute approximate surface area is 176 Å². The molecule has 0 radical (unpaired) electrons. The van der Waals surface area contributed by atoms with Gasteiger partial charge < -0.3 is 5.11 Å². The van der Waals surface area contributed by atoms with Gasteiger partial charge in [0, 0.05) is 12.2 Å². The largest absolute Gasteiger partial charge is 0.478 e. The zero-order valence-corrected chi connectivity index (χ0v) is 17.7. The second-order valence-corrected chi connectivity index (χ2v) is 7.45. The molecule has 3 rings (SSSR count). The van der Waals surface area contributed by atoms with E-state index in [1.165, 1.54) is 0 Å². The van der Waals surface area contributed by atoms with Crippen molar-refractivity contribution in [2.24, 2.45) is 0 Å². The van der Waals surface area contributed by atoms with Crippen molar-refractivity contribution < 1.29 is 9.90 Å². The van der Waals surface area contributed by atoms with Crippen LogP contribution in [0.15, 0.2) is 65.6 Å². The van der Waals surface area contributed by atoms with Crippen molar-refractivity contribution in [3.05, 3.63) is 88.1 Å². The first-order valence-electron chi connectivity index (χ1n) is 10.4. The lowest BCUT2D eigenvalue weighted by molar-refractivity contribution is 0.0697. The molecule has 3 aromatic rings. The first-order chi connectivity index (χ1) is 14.5. The molecule has 0 saturated carbocycles. The van der Waals surface area contributed by atoms with E-state index in [9.17, 15) is 14.7 Å². The van der Waals surface area contributed by atoms with Gasteiger partial charge in [-0.1, -0.05) is 62.4 Å². The Bertz CT molecular complexity index is 1100. The lowest BCUT2D eigenvalue weighted by atomic mass is 9.99. The summed E-state index contributed by atoms with van der Waals surface area (Å²) in [4.78, 5) is 24.5. The topological polar surface area (TPSA) is 64.2 Å². The average Bonchev–Trinajstić information content (AvgIpc) is 3.07. The fourth-order valence-electron chi connectivity index (χ4n) is 3.45. The van der Waals surface area contributed by atoms with Crippen molar-refractivity contribution in [1.29, 1.82) is 0 Å². The smallest absolute Gasteiger partial charge is 0.336 e. The van der Waals surface area contributed by atoms with E-state index in [1.54, 1.807) is 21.3 Å². The molecule has 0 aliphatic rings. The van der Waals surface area contributed by atoms with Crippen LogP contribution in [0.5, 0.6) is 0 Å². The number of carbonyl (C=O) groups is 1. The summed E-state index contributed by atoms with van der Waals surface area (Å²) in [5.74, 6) is -0.944. The number of carboxylic acids is 1. The van der Waals surface area contributed by atoms with Crippen LogP contribution in [0.1, 0.15) is 61.3 Å². The highest BCUT2D eigenvalue weighted by Crippen LogP contribution is 2.24. The number of allylic oxidation sites excluding steroid dienone is 1. The molecular weight excluding hydrogens is 376 g/mol. The summed E-state index contributed by atoms with van der Waals surface area (Å²) in [5.41, 5.74) is 3.67. The van der Waals surface area contributed by atoms with Gasteiger partial charge in [-0.25, -0.2) is 9.59 Å². The monoisotopic (exact) mass is 404 g/mol. The molecule has 1 unspecified atom stereocenters. The van der Waals surface area contributed by atoms with Crippen LogP contribution >= 0.6 is 0 Å². The third-order valence-electron chi connectivity index (χ3n) is 5.39. The number of imidazole rings is 1. The van der Waals surface area contributed by atoms with Crippen LogP contribution < -0.4 is 5.69 Å². The average molecular weight is 405 g/mol. The maximum atomic E-state index is 13.0. The predicted molar refractivity (Wildman–Crippen MR) is 121 cm³/mol. The van der Waals surface area contributed by atoms with Crippen LogP contribution in [0.2, 0.25) is 0 Å². The van der Waals surface area contributed by atoms with Crippen molar-refractivity contribution in [2.45, 2.75) is 46.2 Å². The highest BCUT2D eigenvalue weighted by molar-refractivity contribution is 5.95. The van der Waals surface area contributed by atoms with Crippen molar-refractivity contribution in [1.82, 2.24) is 9.13 Å². The number of hydrogen-bond donors (Lipinski definition) is 1. The van der Waals surface area contributed by atoms with E-state index in [0.29, 0.717) is 12.1 Å². The maximum absolute atomic E-state index is 13.0. The van der Waals surface area contributed by atoms with E-state index < -0.39 is 5.97 Å². The van der Waals surface area contributed by atoms with Gasteiger partial charge in [-0.3, -0.25) is 9.13 Å². The standard InChI is InChI=1S/C25H28N2O3/c1-4-6-9-21-17-26(18(3)5-2)25(30)27(21)16-19-12-14-20(15-13-19)22-10-7-8-11-23(22)24(28)29/h6-15,17-18H,4-5,16H2,1-3H3,(H,28,29)/b9-6+. The van der Waals surface area contributed by atoms with Crippen LogP contribution in [-0.2, 0) is 6.54 Å². The SMILES string of the molecule is CC/C=C/c1cn(C(C)CC)c(=O)n1Cc1ccc(-c2ccccc2C(=O)O)cc1. The Morgan fingerprint density at radius 3 is 2.43 bits per heavy atom. The van der Waals surface area contributed by atoms with Crippen molar-refractivity contribution in [2.75, 3.05) is 0 Å². The summed E-state index contributed by atoms with van der Waals surface area (Å²) >= 11 is 0. The second kappa shape index (κ2) is 9.44. The molecular formula is C25H28N2O3. The first kappa shape index (κ1) is 21.4. The van der Waals surface area contributed by atoms with E-state index in [4.69, 9.17) is 0 Å². The first-order valence-corrected chi connectivity index (χ1v) is 10.4. The van der Waals surface area contributed by atoms with Crippen LogP contribution in [-0.4, -0.2) is 20.2 Å². The van der Waals surface area contributed by atoms with Crippen LogP contribution in [0, 0.1) is 0 Å². The van der Waals surface area contributed by atoms with Crippen molar-refractivity contribution >= 4 is 12.0 Å². The molecule has 0 aliphatic carbocycles. The Hall–Kier alpha value is -3.34. The van der Waals surface area contributed by atoms with Crippen LogP contribution in [0.3, 0.4) is 0 Å². The van der Waals surface area contributed by atoms with Gasteiger partial charge in [0.2, 0.25) is 0 Å². The minimum absolute atomic E-state index is 0.0135. The summed E-state index contributed by atoms with van der Waals surface area (Å²) in [5, 5.41) is 9.43. The second-order valence-electron chi connectivity index (χ2n) is 7.45. The van der Waals surface area contributed by atoms with Gasteiger partial charge in [0.1, 0.15) is 0 Å². The number of rotatable bonds is 8. The van der Waals surface area contributed by atoms with Gasteiger partial charge in [0.25, 0.3) is 0 Å². The van der Waals surface area contributed by atoms with E-state index in [-0.39, 0.29) is 17.3 Å². The Morgan fingerprint density at radius 2 is 1.80 bits per heavy atom. The predicted octanol–water partition coefficient (Wildman–Crippen LogP) is 5.46. The molecule has 0 bridgehead atoms. The highest BCUT2D eigenvalue weighted by atomic mass is 16.4. The number of benzene rings is 2. The maximum Gasteiger partial charge on any atom is 0.336 e. The summed E-state index contributed by atoms with van der Waals surface area (Å²) in [6.45, 7) is 6.66. The molecule has 30 heavy (non-hydrogen) atoms. The van der Waals surface area contributed by atoms with Gasteiger partial charge in [0.05, 0.1) is 17.8 Å². The number of aromatic carboxylic acids is 1. The zero-order valence-electron chi connectivity index (χ0n) is 17.7. The van der Waals surface area contributed by atoms with E-state index >= 15 is 0 Å². The summed E-state index contributed by atoms with van der Waals surface area (Å²) in [7, 11) is 0. The van der Waals surface area contributed by atoms with Crippen molar-refractivity contribution in [3.63, 3.8) is 0 Å². The molecule has 2 aromatic carbocycles. The molecule has 1 heterocycles. The molecule has 1 N–H and O–H groups in total. The Kier molecular flexibility index (Phi) is 6.72. The lowest BCUT2D eigenvalue weighted by Gasteiger charge is -2.10. The summed E-state index contributed by atoms with van der Waals surface area (Å²) in [6, 6.07) is 14.8. The molecule has 0 saturated heterocycles. The molecule has 156 valence electrons. The Balaban J connectivity index is 1.94.